The lowest BCUT2D eigenvalue weighted by Gasteiger charge is -2.05. The average molecular weight is 332 g/mol. The van der Waals surface area contributed by atoms with E-state index in [1.165, 1.54) is 16.7 Å². The highest BCUT2D eigenvalue weighted by molar-refractivity contribution is 5.70. The standard InChI is InChI=1S/C21H32O3/c1-4-18(5-2)16-20-13-11-19(12-14-20)10-8-7-9-15-23-17-21(22)24-6-3/h11-14,16H,4-10,15,17H2,1-3H3. The van der Waals surface area contributed by atoms with Gasteiger partial charge in [0.05, 0.1) is 6.61 Å². The zero-order valence-electron chi connectivity index (χ0n) is 15.5. The fourth-order valence-corrected chi connectivity index (χ4v) is 2.54. The Morgan fingerprint density at radius 1 is 1.00 bits per heavy atom. The van der Waals surface area contributed by atoms with Crippen LogP contribution in [0.2, 0.25) is 0 Å². The van der Waals surface area contributed by atoms with E-state index in [4.69, 9.17) is 9.47 Å². The summed E-state index contributed by atoms with van der Waals surface area (Å²) in [5, 5.41) is 0. The van der Waals surface area contributed by atoms with Gasteiger partial charge in [-0.25, -0.2) is 4.79 Å². The third-order valence-electron chi connectivity index (χ3n) is 4.04. The molecule has 0 spiro atoms. The van der Waals surface area contributed by atoms with Crippen molar-refractivity contribution in [2.24, 2.45) is 0 Å². The van der Waals surface area contributed by atoms with E-state index in [1.54, 1.807) is 6.92 Å². The summed E-state index contributed by atoms with van der Waals surface area (Å²) in [6.45, 7) is 7.32. The normalized spacial score (nSPS) is 10.5. The maximum absolute atomic E-state index is 11.1. The summed E-state index contributed by atoms with van der Waals surface area (Å²) in [5.41, 5.74) is 4.17. The van der Waals surface area contributed by atoms with Crippen LogP contribution in [0.4, 0.5) is 0 Å². The third-order valence-corrected chi connectivity index (χ3v) is 4.04. The maximum Gasteiger partial charge on any atom is 0.332 e. The average Bonchev–Trinajstić information content (AvgIpc) is 2.60. The van der Waals surface area contributed by atoms with Gasteiger partial charge in [-0.2, -0.15) is 0 Å². The molecule has 0 bridgehead atoms. The fraction of sp³-hybridized carbons (Fsp3) is 0.571. The molecule has 0 unspecified atom stereocenters. The smallest absolute Gasteiger partial charge is 0.332 e. The molecule has 0 amide bonds. The highest BCUT2D eigenvalue weighted by atomic mass is 16.6. The van der Waals surface area contributed by atoms with Gasteiger partial charge in [-0.15, -0.1) is 0 Å². The van der Waals surface area contributed by atoms with Crippen LogP contribution in [-0.4, -0.2) is 25.8 Å². The van der Waals surface area contributed by atoms with E-state index in [9.17, 15) is 4.79 Å². The van der Waals surface area contributed by atoms with Gasteiger partial charge < -0.3 is 9.47 Å². The van der Waals surface area contributed by atoms with Crippen LogP contribution in [-0.2, 0) is 20.7 Å². The lowest BCUT2D eigenvalue weighted by molar-refractivity contribution is -0.148. The van der Waals surface area contributed by atoms with Gasteiger partial charge in [0.2, 0.25) is 0 Å². The Morgan fingerprint density at radius 2 is 1.71 bits per heavy atom. The van der Waals surface area contributed by atoms with Crippen molar-refractivity contribution in [3.63, 3.8) is 0 Å². The molecule has 0 heterocycles. The first kappa shape index (κ1) is 20.4. The largest absolute Gasteiger partial charge is 0.464 e. The van der Waals surface area contributed by atoms with Crippen LogP contribution in [0.25, 0.3) is 6.08 Å². The predicted molar refractivity (Wildman–Crippen MR) is 100 cm³/mol. The zero-order valence-corrected chi connectivity index (χ0v) is 15.5. The molecular formula is C21H32O3. The number of hydrogen-bond donors (Lipinski definition) is 0. The molecule has 3 nitrogen and oxygen atoms in total. The monoisotopic (exact) mass is 332 g/mol. The summed E-state index contributed by atoms with van der Waals surface area (Å²) in [7, 11) is 0. The molecule has 24 heavy (non-hydrogen) atoms. The number of allylic oxidation sites excluding steroid dienone is 1. The molecular weight excluding hydrogens is 300 g/mol. The second kappa shape index (κ2) is 12.8. The van der Waals surface area contributed by atoms with E-state index in [2.05, 4.69) is 44.2 Å². The van der Waals surface area contributed by atoms with E-state index in [1.807, 2.05) is 0 Å². The van der Waals surface area contributed by atoms with Gasteiger partial charge in [-0.1, -0.05) is 56.2 Å². The quantitative estimate of drug-likeness (QED) is 0.391. The molecule has 0 aliphatic rings. The molecule has 1 rings (SSSR count). The molecule has 134 valence electrons. The molecule has 3 heteroatoms. The molecule has 0 aliphatic heterocycles. The molecule has 0 N–H and O–H groups in total. The maximum atomic E-state index is 11.1. The summed E-state index contributed by atoms with van der Waals surface area (Å²) < 4.78 is 10.1. The van der Waals surface area contributed by atoms with Crippen LogP contribution in [0.1, 0.15) is 64.0 Å². The number of carbonyl (C=O) groups is 1. The molecule has 0 saturated carbocycles. The van der Waals surface area contributed by atoms with Crippen molar-refractivity contribution in [2.75, 3.05) is 19.8 Å². The molecule has 0 atom stereocenters. The number of aryl methyl sites for hydroxylation is 1. The first-order valence-corrected chi connectivity index (χ1v) is 9.21. The molecule has 1 aromatic rings. The van der Waals surface area contributed by atoms with E-state index < -0.39 is 0 Å². The van der Waals surface area contributed by atoms with E-state index in [-0.39, 0.29) is 12.6 Å². The Balaban J connectivity index is 2.17. The first-order chi connectivity index (χ1) is 11.7. The van der Waals surface area contributed by atoms with Crippen molar-refractivity contribution >= 4 is 12.0 Å². The van der Waals surface area contributed by atoms with Gasteiger partial charge in [-0.05, 0) is 50.2 Å². The van der Waals surface area contributed by atoms with Crippen LogP contribution < -0.4 is 0 Å². The van der Waals surface area contributed by atoms with Crippen LogP contribution in [0.3, 0.4) is 0 Å². The summed E-state index contributed by atoms with van der Waals surface area (Å²) in [6.07, 6.45) is 8.87. The summed E-state index contributed by atoms with van der Waals surface area (Å²) in [4.78, 5) is 11.1. The number of hydrogen-bond acceptors (Lipinski definition) is 3. The second-order valence-corrected chi connectivity index (χ2v) is 5.92. The van der Waals surface area contributed by atoms with Crippen LogP contribution in [0.15, 0.2) is 29.8 Å². The van der Waals surface area contributed by atoms with Crippen molar-refractivity contribution in [3.8, 4) is 0 Å². The minimum absolute atomic E-state index is 0.0698. The predicted octanol–water partition coefficient (Wildman–Crippen LogP) is 5.18. The molecule has 0 saturated heterocycles. The minimum atomic E-state index is -0.277. The van der Waals surface area contributed by atoms with Gasteiger partial charge in [0.15, 0.2) is 0 Å². The lowest BCUT2D eigenvalue weighted by Crippen LogP contribution is -2.12. The first-order valence-electron chi connectivity index (χ1n) is 9.21. The second-order valence-electron chi connectivity index (χ2n) is 5.92. The van der Waals surface area contributed by atoms with Crippen molar-refractivity contribution in [1.29, 1.82) is 0 Å². The summed E-state index contributed by atoms with van der Waals surface area (Å²) >= 11 is 0. The van der Waals surface area contributed by atoms with Gasteiger partial charge in [0, 0.05) is 6.61 Å². The van der Waals surface area contributed by atoms with Crippen molar-refractivity contribution in [3.05, 3.63) is 41.0 Å². The van der Waals surface area contributed by atoms with Crippen molar-refractivity contribution in [1.82, 2.24) is 0 Å². The number of rotatable bonds is 12. The van der Waals surface area contributed by atoms with E-state index >= 15 is 0 Å². The molecule has 1 aromatic carbocycles. The van der Waals surface area contributed by atoms with E-state index in [0.717, 1.165) is 38.5 Å². The minimum Gasteiger partial charge on any atom is -0.464 e. The SMILES string of the molecule is CCOC(=O)COCCCCCc1ccc(C=C(CC)CC)cc1. The molecule has 0 aromatic heterocycles. The van der Waals surface area contributed by atoms with Gasteiger partial charge in [-0.3, -0.25) is 0 Å². The number of esters is 1. The number of carbonyl (C=O) groups excluding carboxylic acids is 1. The Kier molecular flexibility index (Phi) is 10.9. The highest BCUT2D eigenvalue weighted by Crippen LogP contribution is 2.15. The van der Waals surface area contributed by atoms with Crippen molar-refractivity contribution < 1.29 is 14.3 Å². The lowest BCUT2D eigenvalue weighted by atomic mass is 10.0. The topological polar surface area (TPSA) is 35.5 Å². The van der Waals surface area contributed by atoms with Crippen LogP contribution >= 0.6 is 0 Å². The summed E-state index contributed by atoms with van der Waals surface area (Å²) in [5.74, 6) is -0.277. The number of ether oxygens (including phenoxy) is 2. The Morgan fingerprint density at radius 3 is 2.33 bits per heavy atom. The van der Waals surface area contributed by atoms with Gasteiger partial charge >= 0.3 is 5.97 Å². The Bertz CT molecular complexity index is 482. The number of unbranched alkanes of at least 4 members (excludes halogenated alkanes) is 2. The zero-order chi connectivity index (χ0) is 17.6. The third kappa shape index (κ3) is 8.88. The number of benzene rings is 1. The van der Waals surface area contributed by atoms with Crippen molar-refractivity contribution in [2.45, 2.75) is 59.3 Å². The molecule has 0 radical (unpaired) electrons. The summed E-state index contributed by atoms with van der Waals surface area (Å²) in [6, 6.07) is 8.88. The van der Waals surface area contributed by atoms with E-state index in [0.29, 0.717) is 13.2 Å². The van der Waals surface area contributed by atoms with Crippen LogP contribution in [0, 0.1) is 0 Å². The highest BCUT2D eigenvalue weighted by Gasteiger charge is 2.01. The van der Waals surface area contributed by atoms with Gasteiger partial charge in [0.1, 0.15) is 6.61 Å². The Labute approximate surface area is 147 Å². The van der Waals surface area contributed by atoms with Crippen LogP contribution in [0.5, 0.6) is 0 Å². The fourth-order valence-electron chi connectivity index (χ4n) is 2.54. The van der Waals surface area contributed by atoms with Gasteiger partial charge in [0.25, 0.3) is 0 Å². The molecule has 0 fully saturated rings. The Hall–Kier alpha value is -1.61. The molecule has 0 aliphatic carbocycles.